The number of para-hydroxylation sites is 1. The molecule has 0 saturated carbocycles. The molecule has 4 heteroatoms. The van der Waals surface area contributed by atoms with E-state index in [1.54, 1.807) is 12.1 Å². The van der Waals surface area contributed by atoms with Crippen molar-refractivity contribution < 1.29 is 18.7 Å². The molecule has 0 unspecified atom stereocenters. The summed E-state index contributed by atoms with van der Waals surface area (Å²) in [4.78, 5) is 22.7. The zero-order chi connectivity index (χ0) is 11.5. The summed E-state index contributed by atoms with van der Waals surface area (Å²) >= 11 is 0. The first-order valence-electron chi connectivity index (χ1n) is 4.78. The number of benzene rings is 1. The lowest BCUT2D eigenvalue weighted by Gasteiger charge is -1.97. The second-order valence-electron chi connectivity index (χ2n) is 3.32. The van der Waals surface area contributed by atoms with Gasteiger partial charge >= 0.3 is 5.97 Å². The van der Waals surface area contributed by atoms with Crippen LogP contribution in [-0.4, -0.2) is 18.9 Å². The van der Waals surface area contributed by atoms with Crippen LogP contribution < -0.4 is 0 Å². The predicted molar refractivity (Wildman–Crippen MR) is 57.2 cm³/mol. The Kier molecular flexibility index (Phi) is 2.72. The summed E-state index contributed by atoms with van der Waals surface area (Å²) in [6.45, 7) is 0. The third kappa shape index (κ3) is 1.82. The molecule has 0 aliphatic heterocycles. The van der Waals surface area contributed by atoms with Crippen molar-refractivity contribution in [2.24, 2.45) is 0 Å². The number of fused-ring (bicyclic) bond motifs is 1. The Balaban J connectivity index is 2.33. The van der Waals surface area contributed by atoms with Crippen LogP contribution in [-0.2, 0) is 9.53 Å². The van der Waals surface area contributed by atoms with Gasteiger partial charge in [0.25, 0.3) is 0 Å². The van der Waals surface area contributed by atoms with E-state index >= 15 is 0 Å². The molecule has 1 aromatic carbocycles. The summed E-state index contributed by atoms with van der Waals surface area (Å²) < 4.78 is 9.65. The summed E-state index contributed by atoms with van der Waals surface area (Å²) in [5, 5.41) is 0.719. The van der Waals surface area contributed by atoms with Gasteiger partial charge in [0, 0.05) is 5.39 Å². The van der Waals surface area contributed by atoms with Gasteiger partial charge in [-0.25, -0.2) is 0 Å². The Morgan fingerprint density at radius 2 is 2.06 bits per heavy atom. The number of hydrogen-bond donors (Lipinski definition) is 0. The predicted octanol–water partition coefficient (Wildman–Crippen LogP) is 2.18. The molecule has 2 aromatic rings. The van der Waals surface area contributed by atoms with Crippen molar-refractivity contribution in [1.29, 1.82) is 0 Å². The topological polar surface area (TPSA) is 56.5 Å². The van der Waals surface area contributed by atoms with E-state index in [0.29, 0.717) is 11.1 Å². The number of Topliss-reactive ketones (excluding diaryl/α,β-unsaturated/α-hetero) is 1. The molecule has 82 valence electrons. The van der Waals surface area contributed by atoms with Crippen LogP contribution in [0.25, 0.3) is 11.0 Å². The number of carbonyl (C=O) groups is 2. The lowest BCUT2D eigenvalue weighted by molar-refractivity contribution is -0.139. The maximum Gasteiger partial charge on any atom is 0.313 e. The van der Waals surface area contributed by atoms with Crippen molar-refractivity contribution in [3.8, 4) is 0 Å². The number of methoxy groups -OCH3 is 1. The Hall–Kier alpha value is -2.10. The van der Waals surface area contributed by atoms with Crippen molar-refractivity contribution in [3.63, 3.8) is 0 Å². The Labute approximate surface area is 91.8 Å². The van der Waals surface area contributed by atoms with Gasteiger partial charge in [-0.1, -0.05) is 18.2 Å². The van der Waals surface area contributed by atoms with E-state index in [9.17, 15) is 9.59 Å². The number of rotatable bonds is 3. The fourth-order valence-electron chi connectivity index (χ4n) is 1.49. The molecule has 0 aliphatic rings. The van der Waals surface area contributed by atoms with E-state index in [1.807, 2.05) is 12.1 Å². The van der Waals surface area contributed by atoms with E-state index < -0.39 is 5.97 Å². The van der Waals surface area contributed by atoms with Gasteiger partial charge in [0.05, 0.1) is 12.7 Å². The fraction of sp³-hybridized carbons (Fsp3) is 0.167. The number of ketones is 1. The van der Waals surface area contributed by atoms with Crippen molar-refractivity contribution >= 4 is 22.7 Å². The molecule has 0 bridgehead atoms. The van der Waals surface area contributed by atoms with Gasteiger partial charge < -0.3 is 9.15 Å². The number of furan rings is 1. The smallest absolute Gasteiger partial charge is 0.313 e. The fourth-order valence-corrected chi connectivity index (χ4v) is 1.49. The van der Waals surface area contributed by atoms with Crippen molar-refractivity contribution in [2.75, 3.05) is 7.11 Å². The van der Waals surface area contributed by atoms with Crippen LogP contribution in [0.15, 0.2) is 34.9 Å². The van der Waals surface area contributed by atoms with Crippen LogP contribution in [0.5, 0.6) is 0 Å². The highest BCUT2D eigenvalue weighted by atomic mass is 16.5. The Morgan fingerprint density at radius 1 is 1.31 bits per heavy atom. The number of ether oxygens (including phenoxy) is 1. The molecule has 0 fully saturated rings. The molecule has 16 heavy (non-hydrogen) atoms. The summed E-state index contributed by atoms with van der Waals surface area (Å²) in [5.41, 5.74) is 1.05. The number of carbonyl (C=O) groups excluding carboxylic acids is 2. The average molecular weight is 218 g/mol. The molecular formula is C12H10O4. The van der Waals surface area contributed by atoms with Crippen LogP contribution in [0, 0.1) is 0 Å². The molecule has 0 atom stereocenters. The van der Waals surface area contributed by atoms with E-state index in [-0.39, 0.29) is 12.2 Å². The minimum atomic E-state index is -0.546. The second kappa shape index (κ2) is 4.18. The SMILES string of the molecule is COC(=O)CC(=O)c1coc2ccccc12. The highest BCUT2D eigenvalue weighted by Crippen LogP contribution is 2.21. The molecule has 0 spiro atoms. The summed E-state index contributed by atoms with van der Waals surface area (Å²) in [6, 6.07) is 7.18. The summed E-state index contributed by atoms with van der Waals surface area (Å²) in [5.74, 6) is -0.841. The summed E-state index contributed by atoms with van der Waals surface area (Å²) in [6.07, 6.45) is 1.11. The average Bonchev–Trinajstić information content (AvgIpc) is 2.72. The van der Waals surface area contributed by atoms with Gasteiger partial charge in [0.1, 0.15) is 18.3 Å². The lowest BCUT2D eigenvalue weighted by atomic mass is 10.1. The molecule has 0 N–H and O–H groups in total. The number of esters is 1. The largest absolute Gasteiger partial charge is 0.469 e. The van der Waals surface area contributed by atoms with Crippen molar-refractivity contribution in [2.45, 2.75) is 6.42 Å². The number of hydrogen-bond acceptors (Lipinski definition) is 4. The van der Waals surface area contributed by atoms with Crippen molar-refractivity contribution in [1.82, 2.24) is 0 Å². The first kappa shape index (κ1) is 10.4. The minimum Gasteiger partial charge on any atom is -0.469 e. The van der Waals surface area contributed by atoms with Gasteiger partial charge in [-0.15, -0.1) is 0 Å². The third-order valence-electron chi connectivity index (χ3n) is 2.31. The van der Waals surface area contributed by atoms with Gasteiger partial charge in [0.15, 0.2) is 5.78 Å². The monoisotopic (exact) mass is 218 g/mol. The standard InChI is InChI=1S/C12H10O4/c1-15-12(14)6-10(13)9-7-16-11-5-3-2-4-8(9)11/h2-5,7H,6H2,1H3. The minimum absolute atomic E-state index is 0.264. The first-order valence-corrected chi connectivity index (χ1v) is 4.78. The maximum atomic E-state index is 11.7. The zero-order valence-electron chi connectivity index (χ0n) is 8.73. The zero-order valence-corrected chi connectivity index (χ0v) is 8.73. The molecule has 1 aromatic heterocycles. The van der Waals surface area contributed by atoms with Gasteiger partial charge in [-0.2, -0.15) is 0 Å². The normalized spacial score (nSPS) is 10.3. The van der Waals surface area contributed by atoms with Gasteiger partial charge in [-0.3, -0.25) is 9.59 Å². The molecule has 0 saturated heterocycles. The Morgan fingerprint density at radius 3 is 2.81 bits per heavy atom. The van der Waals surface area contributed by atoms with Crippen LogP contribution in [0.1, 0.15) is 16.8 Å². The molecule has 2 rings (SSSR count). The molecule has 4 nitrogen and oxygen atoms in total. The van der Waals surface area contributed by atoms with E-state index in [2.05, 4.69) is 4.74 Å². The molecule has 0 amide bonds. The second-order valence-corrected chi connectivity index (χ2v) is 3.32. The van der Waals surface area contributed by atoms with E-state index in [1.165, 1.54) is 13.4 Å². The lowest BCUT2D eigenvalue weighted by Crippen LogP contribution is -2.08. The van der Waals surface area contributed by atoms with Crippen LogP contribution in [0.3, 0.4) is 0 Å². The third-order valence-corrected chi connectivity index (χ3v) is 2.31. The van der Waals surface area contributed by atoms with E-state index in [4.69, 9.17) is 4.42 Å². The highest BCUT2D eigenvalue weighted by molar-refractivity contribution is 6.12. The quantitative estimate of drug-likeness (QED) is 0.450. The van der Waals surface area contributed by atoms with E-state index in [0.717, 1.165) is 5.39 Å². The molecular weight excluding hydrogens is 208 g/mol. The first-order chi connectivity index (χ1) is 7.72. The van der Waals surface area contributed by atoms with Crippen LogP contribution >= 0.6 is 0 Å². The van der Waals surface area contributed by atoms with Crippen molar-refractivity contribution in [3.05, 3.63) is 36.1 Å². The van der Waals surface area contributed by atoms with Gasteiger partial charge in [0.2, 0.25) is 0 Å². The highest BCUT2D eigenvalue weighted by Gasteiger charge is 2.16. The molecule has 1 heterocycles. The van der Waals surface area contributed by atoms with Gasteiger partial charge in [-0.05, 0) is 6.07 Å². The van der Waals surface area contributed by atoms with Crippen LogP contribution in [0.2, 0.25) is 0 Å². The Bertz CT molecular complexity index is 539. The summed E-state index contributed by atoms with van der Waals surface area (Å²) in [7, 11) is 1.25. The molecule has 0 radical (unpaired) electrons. The maximum absolute atomic E-state index is 11.7. The van der Waals surface area contributed by atoms with Crippen LogP contribution in [0.4, 0.5) is 0 Å². The molecule has 0 aliphatic carbocycles.